The molecule has 116 valence electrons. The van der Waals surface area contributed by atoms with E-state index >= 15 is 0 Å². The van der Waals surface area contributed by atoms with Crippen molar-refractivity contribution in [3.8, 4) is 0 Å². The summed E-state index contributed by atoms with van der Waals surface area (Å²) in [5.41, 5.74) is -0.423. The van der Waals surface area contributed by atoms with Gasteiger partial charge in [0.05, 0.1) is 16.0 Å². The Morgan fingerprint density at radius 3 is 1.52 bits per heavy atom. The molecular formula is C14H20N2O5. The van der Waals surface area contributed by atoms with Gasteiger partial charge in [0, 0.05) is 16.5 Å². The Hall–Kier alpha value is -2.02. The van der Waals surface area contributed by atoms with Crippen LogP contribution in [0.25, 0.3) is 0 Å². The number of rotatable bonds is 3. The van der Waals surface area contributed by atoms with Gasteiger partial charge in [-0.1, -0.05) is 20.8 Å². The van der Waals surface area contributed by atoms with Crippen molar-refractivity contribution in [2.75, 3.05) is 0 Å². The molecule has 0 aliphatic carbocycles. The number of aliphatic hydroxyl groups is 1. The first kappa shape index (κ1) is 17.0. The molecule has 1 atom stereocenters. The molecule has 0 heterocycles. The van der Waals surface area contributed by atoms with Gasteiger partial charge >= 0.3 is 0 Å². The van der Waals surface area contributed by atoms with E-state index in [4.69, 9.17) is 0 Å². The molecule has 0 radical (unpaired) electrons. The Morgan fingerprint density at radius 2 is 1.33 bits per heavy atom. The maximum atomic E-state index is 11.5. The zero-order valence-corrected chi connectivity index (χ0v) is 13.1. The van der Waals surface area contributed by atoms with Crippen molar-refractivity contribution in [2.45, 2.75) is 53.1 Å². The fraction of sp³-hybridized carbons (Fsp3) is 0.571. The molecule has 1 unspecified atom stereocenters. The largest absolute Gasteiger partial charge is 0.389 e. The summed E-state index contributed by atoms with van der Waals surface area (Å²) in [5.74, 6) is 0. The lowest BCUT2D eigenvalue weighted by atomic mass is 9.79. The van der Waals surface area contributed by atoms with E-state index in [0.29, 0.717) is 0 Å². The summed E-state index contributed by atoms with van der Waals surface area (Å²) >= 11 is 0. The SMILES string of the molecule is Cc1c(C(C)O)c(C)c([N+](=O)[O-])c(C(C)(C)C)c1[N+](=O)[O-]. The predicted molar refractivity (Wildman–Crippen MR) is 78.6 cm³/mol. The third kappa shape index (κ3) is 2.87. The van der Waals surface area contributed by atoms with Crippen LogP contribution in [0, 0.1) is 34.1 Å². The minimum absolute atomic E-state index is 0.0944. The molecule has 1 N–H and O–H groups in total. The third-order valence-electron chi connectivity index (χ3n) is 3.52. The Morgan fingerprint density at radius 1 is 1.00 bits per heavy atom. The molecule has 1 aromatic carbocycles. The fourth-order valence-corrected chi connectivity index (χ4v) is 2.82. The van der Waals surface area contributed by atoms with Crippen molar-refractivity contribution in [3.05, 3.63) is 42.5 Å². The summed E-state index contributed by atoms with van der Waals surface area (Å²) < 4.78 is 0. The average Bonchev–Trinajstić information content (AvgIpc) is 2.24. The molecule has 0 aromatic heterocycles. The summed E-state index contributed by atoms with van der Waals surface area (Å²) in [6, 6.07) is 0. The van der Waals surface area contributed by atoms with Gasteiger partial charge in [-0.05, 0) is 26.3 Å². The number of hydrogen-bond acceptors (Lipinski definition) is 5. The molecule has 0 saturated carbocycles. The lowest BCUT2D eigenvalue weighted by molar-refractivity contribution is -0.397. The van der Waals surface area contributed by atoms with Gasteiger partial charge in [0.1, 0.15) is 5.56 Å². The molecule has 7 heteroatoms. The van der Waals surface area contributed by atoms with E-state index in [9.17, 15) is 25.3 Å². The molecule has 0 aliphatic heterocycles. The number of aliphatic hydroxyl groups excluding tert-OH is 1. The smallest absolute Gasteiger partial charge is 0.283 e. The van der Waals surface area contributed by atoms with E-state index in [1.807, 2.05) is 0 Å². The Labute approximate surface area is 122 Å². The van der Waals surface area contributed by atoms with Crippen LogP contribution < -0.4 is 0 Å². The summed E-state index contributed by atoms with van der Waals surface area (Å²) in [6.07, 6.45) is -1.02. The van der Waals surface area contributed by atoms with Crippen molar-refractivity contribution in [1.82, 2.24) is 0 Å². The first-order valence-electron chi connectivity index (χ1n) is 6.55. The van der Waals surface area contributed by atoms with Gasteiger partial charge in [0.2, 0.25) is 0 Å². The lowest BCUT2D eigenvalue weighted by Crippen LogP contribution is -2.20. The monoisotopic (exact) mass is 296 g/mol. The van der Waals surface area contributed by atoms with Crippen molar-refractivity contribution >= 4 is 11.4 Å². The molecule has 0 amide bonds. The van der Waals surface area contributed by atoms with Crippen LogP contribution in [0.2, 0.25) is 0 Å². The number of nitrogens with zero attached hydrogens (tertiary/aromatic N) is 2. The van der Waals surface area contributed by atoms with Crippen molar-refractivity contribution < 1.29 is 15.0 Å². The van der Waals surface area contributed by atoms with E-state index in [1.165, 1.54) is 20.8 Å². The average molecular weight is 296 g/mol. The summed E-state index contributed by atoms with van der Waals surface area (Å²) in [7, 11) is 0. The van der Waals surface area contributed by atoms with Crippen molar-refractivity contribution in [2.24, 2.45) is 0 Å². The maximum Gasteiger partial charge on any atom is 0.283 e. The number of hydrogen-bond donors (Lipinski definition) is 1. The highest BCUT2D eigenvalue weighted by molar-refractivity contribution is 5.68. The van der Waals surface area contributed by atoms with Gasteiger partial charge in [-0.3, -0.25) is 20.2 Å². The van der Waals surface area contributed by atoms with E-state index in [1.54, 1.807) is 20.8 Å². The van der Waals surface area contributed by atoms with Crippen LogP contribution in [0.3, 0.4) is 0 Å². The van der Waals surface area contributed by atoms with Gasteiger partial charge in [0.15, 0.2) is 0 Å². The van der Waals surface area contributed by atoms with Crippen LogP contribution in [-0.4, -0.2) is 15.0 Å². The molecule has 0 aliphatic rings. The zero-order valence-electron chi connectivity index (χ0n) is 13.1. The molecular weight excluding hydrogens is 276 g/mol. The predicted octanol–water partition coefficient (Wildman–Crippen LogP) is 3.47. The highest BCUT2D eigenvalue weighted by atomic mass is 16.6. The Kier molecular flexibility index (Phi) is 4.38. The number of benzene rings is 1. The Bertz CT molecular complexity index is 574. The first-order chi connectivity index (χ1) is 9.41. The van der Waals surface area contributed by atoms with Gasteiger partial charge < -0.3 is 5.11 Å². The third-order valence-corrected chi connectivity index (χ3v) is 3.52. The second-order valence-corrected chi connectivity index (χ2v) is 6.18. The van der Waals surface area contributed by atoms with E-state index in [0.717, 1.165) is 0 Å². The Balaban J connectivity index is 4.12. The summed E-state index contributed by atoms with van der Waals surface area (Å²) in [5, 5.41) is 32.7. The van der Waals surface area contributed by atoms with E-state index < -0.39 is 21.4 Å². The highest BCUT2D eigenvalue weighted by Gasteiger charge is 2.39. The van der Waals surface area contributed by atoms with Crippen LogP contribution in [0.1, 0.15) is 56.1 Å². The van der Waals surface area contributed by atoms with Crippen LogP contribution in [0.15, 0.2) is 0 Å². The second kappa shape index (κ2) is 5.40. The van der Waals surface area contributed by atoms with Crippen molar-refractivity contribution in [3.63, 3.8) is 0 Å². The molecule has 1 aromatic rings. The van der Waals surface area contributed by atoms with E-state index in [2.05, 4.69) is 0 Å². The summed E-state index contributed by atoms with van der Waals surface area (Å²) in [4.78, 5) is 21.7. The minimum atomic E-state index is -1.02. The van der Waals surface area contributed by atoms with Gasteiger partial charge in [-0.25, -0.2) is 0 Å². The normalized spacial score (nSPS) is 13.1. The lowest BCUT2D eigenvalue weighted by Gasteiger charge is -2.23. The maximum absolute atomic E-state index is 11.5. The zero-order chi connectivity index (χ0) is 16.7. The second-order valence-electron chi connectivity index (χ2n) is 6.18. The highest BCUT2D eigenvalue weighted by Crippen LogP contribution is 2.45. The van der Waals surface area contributed by atoms with Crippen molar-refractivity contribution in [1.29, 1.82) is 0 Å². The molecule has 0 bridgehead atoms. The fourth-order valence-electron chi connectivity index (χ4n) is 2.82. The standard InChI is InChI=1S/C14H20N2O5/c1-7-10(9(3)17)8(2)13(16(20)21)11(14(4,5)6)12(7)15(18)19/h9,17H,1-6H3. The quantitative estimate of drug-likeness (QED) is 0.678. The van der Waals surface area contributed by atoms with Crippen LogP contribution in [0.5, 0.6) is 0 Å². The number of nitro benzene ring substituents is 2. The summed E-state index contributed by atoms with van der Waals surface area (Å²) in [6.45, 7) is 9.58. The molecule has 21 heavy (non-hydrogen) atoms. The molecule has 1 rings (SSSR count). The number of nitro groups is 2. The van der Waals surface area contributed by atoms with E-state index in [-0.39, 0.29) is 33.6 Å². The topological polar surface area (TPSA) is 107 Å². The first-order valence-corrected chi connectivity index (χ1v) is 6.55. The minimum Gasteiger partial charge on any atom is -0.389 e. The molecule has 0 spiro atoms. The molecule has 0 saturated heterocycles. The van der Waals surface area contributed by atoms with Crippen LogP contribution in [0.4, 0.5) is 11.4 Å². The van der Waals surface area contributed by atoms with Gasteiger partial charge in [0.25, 0.3) is 11.4 Å². The van der Waals surface area contributed by atoms with Gasteiger partial charge in [-0.15, -0.1) is 0 Å². The molecule has 0 fully saturated rings. The van der Waals surface area contributed by atoms with Crippen LogP contribution >= 0.6 is 0 Å². The molecule has 7 nitrogen and oxygen atoms in total. The van der Waals surface area contributed by atoms with Gasteiger partial charge in [-0.2, -0.15) is 0 Å². The van der Waals surface area contributed by atoms with Crippen LogP contribution in [-0.2, 0) is 5.41 Å².